The molecule has 1 radical (unpaired) electrons. The Balaban J connectivity index is -0.0000000410. The van der Waals surface area contributed by atoms with Gasteiger partial charge < -0.3 is 14.4 Å². The normalized spacial score (nSPS) is 7.20. The second-order valence-electron chi connectivity index (χ2n) is 1.98. The Morgan fingerprint density at radius 3 is 0.933 bits per heavy atom. The zero-order valence-electron chi connectivity index (χ0n) is 9.63. The molecule has 0 unspecified atom stereocenters. The summed E-state index contributed by atoms with van der Waals surface area (Å²) in [6, 6.07) is 0. The molecule has 0 aliphatic carbocycles. The molecule has 15 heavy (non-hydrogen) atoms. The van der Waals surface area contributed by atoms with E-state index in [1.165, 1.54) is 18.5 Å². The fourth-order valence-corrected chi connectivity index (χ4v) is 2.01. The number of carbonyl (C=O) groups is 3. The first kappa shape index (κ1) is 29.5. The van der Waals surface area contributed by atoms with Gasteiger partial charge in [-0.25, -0.2) is 0 Å². The van der Waals surface area contributed by atoms with Gasteiger partial charge >= 0.3 is 0 Å². The second kappa shape index (κ2) is 29.2. The van der Waals surface area contributed by atoms with E-state index in [-0.39, 0.29) is 16.8 Å². The fraction of sp³-hybridized carbons (Fsp3) is 0.667. The molecule has 3 nitrogen and oxygen atoms in total. The molecule has 0 N–H and O–H groups in total. The Bertz CT molecular complexity index is 92.3. The van der Waals surface area contributed by atoms with Gasteiger partial charge in [0, 0.05) is 16.8 Å². The van der Waals surface area contributed by atoms with Crippen molar-refractivity contribution >= 4 is 38.2 Å². The van der Waals surface area contributed by atoms with Crippen LogP contribution in [0, 0.1) is 0 Å². The molecule has 0 saturated heterocycles. The number of halogens is 1. The third kappa shape index (κ3) is 25.0. The van der Waals surface area contributed by atoms with E-state index >= 15 is 0 Å². The molecule has 0 bridgehead atoms. The molecule has 6 heteroatoms. The number of carbonyl (C=O) groups excluding carboxylic acids is 3. The summed E-state index contributed by atoms with van der Waals surface area (Å²) in [6.07, 6.45) is 3.59. The molecular formula is C9H21ClCoO3P+. The van der Waals surface area contributed by atoms with Crippen LogP contribution in [0.4, 0.5) is 0 Å². The van der Waals surface area contributed by atoms with Crippen molar-refractivity contribution in [1.82, 2.24) is 0 Å². The van der Waals surface area contributed by atoms with Crippen molar-refractivity contribution in [1.29, 1.82) is 0 Å². The van der Waals surface area contributed by atoms with Crippen molar-refractivity contribution < 1.29 is 31.2 Å². The molecule has 0 aromatic heterocycles. The van der Waals surface area contributed by atoms with Gasteiger partial charge in [0.15, 0.2) is 0 Å². The van der Waals surface area contributed by atoms with E-state index in [1.807, 2.05) is 20.4 Å². The van der Waals surface area contributed by atoms with Crippen LogP contribution < -0.4 is 0 Å². The molecule has 95 valence electrons. The largest absolute Gasteiger partial charge is 0.307 e. The summed E-state index contributed by atoms with van der Waals surface area (Å²) in [5.41, 5.74) is 0. The molecule has 0 rings (SSSR count). The third-order valence-electron chi connectivity index (χ3n) is 1.70. The topological polar surface area (TPSA) is 51.2 Å². The van der Waals surface area contributed by atoms with Gasteiger partial charge in [0.2, 0.25) is 0 Å². The summed E-state index contributed by atoms with van der Waals surface area (Å²) >= 11 is 6.20. The van der Waals surface area contributed by atoms with Crippen LogP contribution in [-0.4, -0.2) is 38.9 Å². The summed E-state index contributed by atoms with van der Waals surface area (Å²) in [7, 11) is 0. The number of rotatable bonds is 3. The maximum Gasteiger partial charge on any atom is 0.113 e. The maximum atomic E-state index is 8.00. The van der Waals surface area contributed by atoms with E-state index < -0.39 is 6.62 Å². The van der Waals surface area contributed by atoms with Crippen molar-refractivity contribution in [3.8, 4) is 0 Å². The Hall–Kier alpha value is 0.236. The van der Waals surface area contributed by atoms with Crippen LogP contribution in [0.1, 0.15) is 20.8 Å². The zero-order chi connectivity index (χ0) is 12.6. The van der Waals surface area contributed by atoms with Gasteiger partial charge in [0.25, 0.3) is 0 Å². The van der Waals surface area contributed by atoms with E-state index in [0.717, 1.165) is 0 Å². The quantitative estimate of drug-likeness (QED) is 0.753. The Labute approximate surface area is 109 Å². The van der Waals surface area contributed by atoms with Crippen LogP contribution >= 0.6 is 17.9 Å². The van der Waals surface area contributed by atoms with Crippen LogP contribution in [-0.2, 0) is 31.2 Å². The Morgan fingerprint density at radius 1 is 0.800 bits per heavy atom. The van der Waals surface area contributed by atoms with Crippen molar-refractivity contribution in [2.75, 3.05) is 18.5 Å². The van der Waals surface area contributed by atoms with Gasteiger partial charge in [-0.1, -0.05) is 0 Å². The van der Waals surface area contributed by atoms with Crippen molar-refractivity contribution in [3.05, 3.63) is 0 Å². The first-order valence-corrected chi connectivity index (χ1v) is 7.35. The van der Waals surface area contributed by atoms with E-state index in [4.69, 9.17) is 25.6 Å². The Kier molecular flexibility index (Phi) is 57.4. The standard InChI is InChI=1S/C6H15ClP.3CH2O.Co/c1-4-8(7,5-2)6-3;3*1-2;/h4-6H2,1-3H3;3*1H2;/q+1;;;;. The minimum atomic E-state index is -0.940. The zero-order valence-corrected chi connectivity index (χ0v) is 12.3. The predicted octanol–water partition coefficient (Wildman–Crippen LogP) is 2.66. The molecule has 0 aliphatic heterocycles. The van der Waals surface area contributed by atoms with Crippen molar-refractivity contribution in [2.24, 2.45) is 0 Å². The molecule has 0 aromatic carbocycles. The molecular weight excluding hydrogens is 281 g/mol. The fourth-order valence-electron chi connectivity index (χ4n) is 0.671. The van der Waals surface area contributed by atoms with E-state index in [9.17, 15) is 0 Å². The minimum Gasteiger partial charge on any atom is -0.307 e. The molecule has 0 atom stereocenters. The van der Waals surface area contributed by atoms with Crippen LogP contribution in [0.5, 0.6) is 0 Å². The van der Waals surface area contributed by atoms with Crippen LogP contribution in [0.2, 0.25) is 0 Å². The molecule has 0 amide bonds. The summed E-state index contributed by atoms with van der Waals surface area (Å²) < 4.78 is 0. The van der Waals surface area contributed by atoms with Gasteiger partial charge in [-0.15, -0.1) is 0 Å². The van der Waals surface area contributed by atoms with E-state index in [0.29, 0.717) is 0 Å². The minimum absolute atomic E-state index is 0. The molecule has 0 spiro atoms. The summed E-state index contributed by atoms with van der Waals surface area (Å²) in [6.45, 7) is 11.6. The number of hydrogen-bond donors (Lipinski definition) is 0. The SMILES string of the molecule is C=O.C=O.C=O.CC[P+](Cl)(CC)CC.[Co]. The van der Waals surface area contributed by atoms with Gasteiger partial charge in [-0.3, -0.25) is 0 Å². The molecule has 0 aromatic rings. The average molecular weight is 303 g/mol. The van der Waals surface area contributed by atoms with Crippen LogP contribution in [0.25, 0.3) is 0 Å². The molecule has 0 heterocycles. The van der Waals surface area contributed by atoms with Gasteiger partial charge in [-0.2, -0.15) is 0 Å². The monoisotopic (exact) mass is 302 g/mol. The van der Waals surface area contributed by atoms with Crippen molar-refractivity contribution in [3.63, 3.8) is 0 Å². The molecule has 0 fully saturated rings. The van der Waals surface area contributed by atoms with Gasteiger partial charge in [0.05, 0.1) is 29.7 Å². The molecule has 0 aliphatic rings. The van der Waals surface area contributed by atoms with Crippen molar-refractivity contribution in [2.45, 2.75) is 20.8 Å². The van der Waals surface area contributed by atoms with Crippen LogP contribution in [0.3, 0.4) is 0 Å². The summed E-state index contributed by atoms with van der Waals surface area (Å²) in [5.74, 6) is 0. The average Bonchev–Trinajstić information content (AvgIpc) is 2.35. The first-order valence-electron chi connectivity index (χ1n) is 4.11. The smallest absolute Gasteiger partial charge is 0.113 e. The number of hydrogen-bond acceptors (Lipinski definition) is 3. The predicted molar refractivity (Wildman–Crippen MR) is 65.8 cm³/mol. The maximum absolute atomic E-state index is 8.00. The van der Waals surface area contributed by atoms with Gasteiger partial charge in [-0.05, 0) is 20.8 Å². The second-order valence-corrected chi connectivity index (χ2v) is 8.09. The van der Waals surface area contributed by atoms with Gasteiger partial charge in [0.1, 0.15) is 27.0 Å². The van der Waals surface area contributed by atoms with E-state index in [1.54, 1.807) is 0 Å². The van der Waals surface area contributed by atoms with Crippen LogP contribution in [0.15, 0.2) is 0 Å². The first-order chi connectivity index (χ1) is 6.68. The molecule has 0 saturated carbocycles. The summed E-state index contributed by atoms with van der Waals surface area (Å²) in [4.78, 5) is 24.0. The third-order valence-corrected chi connectivity index (χ3v) is 7.25. The Morgan fingerprint density at radius 2 is 0.933 bits per heavy atom. The summed E-state index contributed by atoms with van der Waals surface area (Å²) in [5, 5.41) is 0. The van der Waals surface area contributed by atoms with E-state index in [2.05, 4.69) is 20.8 Å².